The number of hydrogen-bond acceptors (Lipinski definition) is 4. The standard InChI is InChI=1S/C24H34N4O2/c1-2-3-4-6-9-20-10-12-21(13-11-20)27-28-22-14-16-23(17-15-22)30-19-8-5-7-18-26-24(25)29/h10-17H,2-9,18-19H2,1H3,(H3,25,26,29). The number of urea groups is 1. The topological polar surface area (TPSA) is 89.1 Å². The monoisotopic (exact) mass is 410 g/mol. The van der Waals surface area contributed by atoms with Gasteiger partial charge in [-0.25, -0.2) is 4.79 Å². The Labute approximate surface area is 179 Å². The quantitative estimate of drug-likeness (QED) is 0.277. The summed E-state index contributed by atoms with van der Waals surface area (Å²) in [6, 6.07) is 15.5. The molecule has 0 saturated heterocycles. The minimum atomic E-state index is -0.474. The van der Waals surface area contributed by atoms with Crippen LogP contribution in [-0.2, 0) is 6.42 Å². The van der Waals surface area contributed by atoms with E-state index in [-0.39, 0.29) is 0 Å². The molecule has 0 aliphatic carbocycles. The molecule has 0 aliphatic rings. The number of carbonyl (C=O) groups excluding carboxylic acids is 1. The Morgan fingerprint density at radius 2 is 1.50 bits per heavy atom. The van der Waals surface area contributed by atoms with Crippen LogP contribution >= 0.6 is 0 Å². The fourth-order valence-corrected chi connectivity index (χ4v) is 3.02. The average molecular weight is 411 g/mol. The lowest BCUT2D eigenvalue weighted by atomic mass is 10.1. The number of rotatable bonds is 14. The molecular formula is C24H34N4O2. The van der Waals surface area contributed by atoms with E-state index in [9.17, 15) is 4.79 Å². The molecule has 0 unspecified atom stereocenters. The zero-order chi connectivity index (χ0) is 21.4. The molecule has 0 aromatic heterocycles. The third kappa shape index (κ3) is 10.0. The van der Waals surface area contributed by atoms with E-state index in [4.69, 9.17) is 10.5 Å². The van der Waals surface area contributed by atoms with E-state index < -0.39 is 6.03 Å². The third-order valence-corrected chi connectivity index (χ3v) is 4.76. The molecule has 0 radical (unpaired) electrons. The van der Waals surface area contributed by atoms with Crippen molar-refractivity contribution in [3.63, 3.8) is 0 Å². The zero-order valence-electron chi connectivity index (χ0n) is 18.0. The second-order valence-electron chi connectivity index (χ2n) is 7.37. The Morgan fingerprint density at radius 3 is 2.13 bits per heavy atom. The second-order valence-corrected chi connectivity index (χ2v) is 7.37. The van der Waals surface area contributed by atoms with Gasteiger partial charge in [0.25, 0.3) is 0 Å². The molecule has 0 heterocycles. The minimum absolute atomic E-state index is 0.474. The van der Waals surface area contributed by atoms with Crippen LogP contribution in [0, 0.1) is 0 Å². The molecule has 0 atom stereocenters. The molecule has 30 heavy (non-hydrogen) atoms. The lowest BCUT2D eigenvalue weighted by Gasteiger charge is -2.06. The van der Waals surface area contributed by atoms with Crippen molar-refractivity contribution in [2.75, 3.05) is 13.2 Å². The normalized spacial score (nSPS) is 11.0. The Hall–Kier alpha value is -2.89. The van der Waals surface area contributed by atoms with Crippen molar-refractivity contribution >= 4 is 17.4 Å². The number of unbranched alkanes of at least 4 members (excludes halogenated alkanes) is 5. The Kier molecular flexibility index (Phi) is 11.0. The Bertz CT molecular complexity index is 758. The van der Waals surface area contributed by atoms with Crippen LogP contribution in [0.4, 0.5) is 16.2 Å². The van der Waals surface area contributed by atoms with Gasteiger partial charge in [-0.1, -0.05) is 38.3 Å². The van der Waals surface area contributed by atoms with Crippen LogP contribution in [0.25, 0.3) is 0 Å². The van der Waals surface area contributed by atoms with Crippen molar-refractivity contribution in [2.45, 2.75) is 58.3 Å². The largest absolute Gasteiger partial charge is 0.494 e. The fraction of sp³-hybridized carbons (Fsp3) is 0.458. The van der Waals surface area contributed by atoms with Crippen molar-refractivity contribution < 1.29 is 9.53 Å². The predicted molar refractivity (Wildman–Crippen MR) is 122 cm³/mol. The molecule has 2 aromatic rings. The number of primary amides is 1. The number of azo groups is 1. The maximum atomic E-state index is 10.6. The smallest absolute Gasteiger partial charge is 0.312 e. The molecule has 0 aliphatic heterocycles. The number of ether oxygens (including phenoxy) is 1. The van der Waals surface area contributed by atoms with Gasteiger partial charge in [0.1, 0.15) is 5.75 Å². The number of hydrogen-bond donors (Lipinski definition) is 2. The van der Waals surface area contributed by atoms with E-state index in [0.717, 1.165) is 42.8 Å². The van der Waals surface area contributed by atoms with Crippen LogP contribution < -0.4 is 15.8 Å². The van der Waals surface area contributed by atoms with Crippen molar-refractivity contribution in [3.8, 4) is 5.75 Å². The van der Waals surface area contributed by atoms with E-state index in [1.165, 1.54) is 31.2 Å². The van der Waals surface area contributed by atoms with Crippen molar-refractivity contribution in [1.29, 1.82) is 0 Å². The van der Waals surface area contributed by atoms with Gasteiger partial charge in [0.2, 0.25) is 0 Å². The summed E-state index contributed by atoms with van der Waals surface area (Å²) in [5.41, 5.74) is 8.03. The van der Waals surface area contributed by atoms with E-state index in [0.29, 0.717) is 13.2 Å². The van der Waals surface area contributed by atoms with Gasteiger partial charge in [0.05, 0.1) is 18.0 Å². The van der Waals surface area contributed by atoms with E-state index in [2.05, 4.69) is 34.6 Å². The summed E-state index contributed by atoms with van der Waals surface area (Å²) in [7, 11) is 0. The fourth-order valence-electron chi connectivity index (χ4n) is 3.02. The molecule has 0 spiro atoms. The van der Waals surface area contributed by atoms with Crippen LogP contribution in [0.15, 0.2) is 58.8 Å². The zero-order valence-corrected chi connectivity index (χ0v) is 18.0. The molecule has 0 bridgehead atoms. The maximum Gasteiger partial charge on any atom is 0.312 e. The lowest BCUT2D eigenvalue weighted by Crippen LogP contribution is -2.30. The maximum absolute atomic E-state index is 10.6. The molecule has 2 rings (SSSR count). The number of aryl methyl sites for hydroxylation is 1. The van der Waals surface area contributed by atoms with Crippen LogP contribution in [0.2, 0.25) is 0 Å². The van der Waals surface area contributed by atoms with Gasteiger partial charge in [-0.2, -0.15) is 10.2 Å². The molecule has 0 fully saturated rings. The number of amides is 2. The predicted octanol–water partition coefficient (Wildman–Crippen LogP) is 6.44. The highest BCUT2D eigenvalue weighted by atomic mass is 16.5. The number of nitrogens with two attached hydrogens (primary N) is 1. The highest BCUT2D eigenvalue weighted by Gasteiger charge is 1.98. The van der Waals surface area contributed by atoms with Gasteiger partial charge in [0.15, 0.2) is 0 Å². The Morgan fingerprint density at radius 1 is 0.867 bits per heavy atom. The Balaban J connectivity index is 1.68. The van der Waals surface area contributed by atoms with Crippen molar-refractivity contribution in [2.24, 2.45) is 16.0 Å². The lowest BCUT2D eigenvalue weighted by molar-refractivity contribution is 0.248. The van der Waals surface area contributed by atoms with Gasteiger partial charge >= 0.3 is 6.03 Å². The van der Waals surface area contributed by atoms with E-state index >= 15 is 0 Å². The third-order valence-electron chi connectivity index (χ3n) is 4.76. The number of carbonyl (C=O) groups is 1. The summed E-state index contributed by atoms with van der Waals surface area (Å²) in [6.45, 7) is 3.48. The van der Waals surface area contributed by atoms with Gasteiger partial charge in [-0.05, 0) is 74.1 Å². The first-order valence-electron chi connectivity index (χ1n) is 10.9. The molecule has 2 aromatic carbocycles. The molecule has 162 valence electrons. The minimum Gasteiger partial charge on any atom is -0.494 e. The summed E-state index contributed by atoms with van der Waals surface area (Å²) in [6.07, 6.45) is 9.05. The molecule has 3 N–H and O–H groups in total. The van der Waals surface area contributed by atoms with E-state index in [1.54, 1.807) is 0 Å². The van der Waals surface area contributed by atoms with Crippen LogP contribution in [0.1, 0.15) is 57.4 Å². The van der Waals surface area contributed by atoms with Gasteiger partial charge in [0, 0.05) is 6.54 Å². The first-order chi connectivity index (χ1) is 14.7. The van der Waals surface area contributed by atoms with Crippen molar-refractivity contribution in [1.82, 2.24) is 5.32 Å². The highest BCUT2D eigenvalue weighted by molar-refractivity contribution is 5.71. The molecule has 6 heteroatoms. The first-order valence-corrected chi connectivity index (χ1v) is 10.9. The number of nitrogens with zero attached hydrogens (tertiary/aromatic N) is 2. The summed E-state index contributed by atoms with van der Waals surface area (Å²) in [5, 5.41) is 11.2. The van der Waals surface area contributed by atoms with Crippen LogP contribution in [0.3, 0.4) is 0 Å². The first kappa shape index (κ1) is 23.4. The molecular weight excluding hydrogens is 376 g/mol. The van der Waals surface area contributed by atoms with Crippen LogP contribution in [0.5, 0.6) is 5.75 Å². The summed E-state index contributed by atoms with van der Waals surface area (Å²) in [4.78, 5) is 10.6. The van der Waals surface area contributed by atoms with Crippen LogP contribution in [-0.4, -0.2) is 19.2 Å². The SMILES string of the molecule is CCCCCCc1ccc(N=Nc2ccc(OCCCCCNC(N)=O)cc2)cc1. The molecule has 2 amide bonds. The number of nitrogens with one attached hydrogen (secondary N) is 1. The van der Waals surface area contributed by atoms with E-state index in [1.807, 2.05) is 36.4 Å². The summed E-state index contributed by atoms with van der Waals surface area (Å²) in [5.74, 6) is 0.816. The number of benzene rings is 2. The summed E-state index contributed by atoms with van der Waals surface area (Å²) < 4.78 is 5.73. The average Bonchev–Trinajstić information content (AvgIpc) is 2.76. The molecule has 6 nitrogen and oxygen atoms in total. The second kappa shape index (κ2) is 14.1. The van der Waals surface area contributed by atoms with Crippen molar-refractivity contribution in [3.05, 3.63) is 54.1 Å². The van der Waals surface area contributed by atoms with Gasteiger partial charge in [-0.3, -0.25) is 0 Å². The van der Waals surface area contributed by atoms with Gasteiger partial charge in [-0.15, -0.1) is 0 Å². The molecule has 0 saturated carbocycles. The van der Waals surface area contributed by atoms with Gasteiger partial charge < -0.3 is 15.8 Å². The summed E-state index contributed by atoms with van der Waals surface area (Å²) >= 11 is 0. The highest BCUT2D eigenvalue weighted by Crippen LogP contribution is 2.22.